The van der Waals surface area contributed by atoms with Gasteiger partial charge in [-0.15, -0.1) is 6.58 Å². The number of nitrogens with zero attached hydrogens (tertiary/aromatic N) is 2. The molecule has 92 valence electrons. The summed E-state index contributed by atoms with van der Waals surface area (Å²) in [6.45, 7) is 8.69. The molecule has 0 saturated carbocycles. The number of aryl methyl sites for hydroxylation is 1. The fourth-order valence-corrected chi connectivity index (χ4v) is 2.58. The van der Waals surface area contributed by atoms with E-state index in [1.54, 1.807) is 0 Å². The molecule has 0 radical (unpaired) electrons. The molecule has 0 aromatic carbocycles. The average Bonchev–Trinajstić information content (AvgIpc) is 2.34. The summed E-state index contributed by atoms with van der Waals surface area (Å²) < 4.78 is 1.86. The van der Waals surface area contributed by atoms with Gasteiger partial charge < -0.3 is 0 Å². The summed E-state index contributed by atoms with van der Waals surface area (Å²) >= 11 is 0. The van der Waals surface area contributed by atoms with E-state index in [1.165, 1.54) is 0 Å². The first kappa shape index (κ1) is 12.1. The number of rotatable bonds is 3. The van der Waals surface area contributed by atoms with Crippen LogP contribution in [0.2, 0.25) is 0 Å². The average molecular weight is 232 g/mol. The molecule has 0 bridgehead atoms. The Morgan fingerprint density at radius 1 is 1.59 bits per heavy atom. The van der Waals surface area contributed by atoms with Crippen molar-refractivity contribution in [1.29, 1.82) is 0 Å². The Kier molecular flexibility index (Phi) is 3.46. The molecular formula is C14H20N2O. The van der Waals surface area contributed by atoms with Gasteiger partial charge in [0.1, 0.15) is 5.82 Å². The quantitative estimate of drug-likeness (QED) is 0.751. The molecule has 1 atom stereocenters. The van der Waals surface area contributed by atoms with Gasteiger partial charge >= 0.3 is 0 Å². The Bertz CT molecular complexity index is 488. The lowest BCUT2D eigenvalue weighted by molar-refractivity contribution is 0.459. The minimum atomic E-state index is 0.168. The predicted molar refractivity (Wildman–Crippen MR) is 69.4 cm³/mol. The number of fused-ring (bicyclic) bond motifs is 1. The fourth-order valence-electron chi connectivity index (χ4n) is 2.58. The van der Waals surface area contributed by atoms with Crippen molar-refractivity contribution in [3.05, 3.63) is 40.1 Å². The van der Waals surface area contributed by atoms with Gasteiger partial charge in [-0.2, -0.15) is 0 Å². The summed E-state index contributed by atoms with van der Waals surface area (Å²) in [6.07, 6.45) is 5.83. The molecule has 1 aliphatic heterocycles. The summed E-state index contributed by atoms with van der Waals surface area (Å²) in [5.74, 6) is 1.15. The van der Waals surface area contributed by atoms with Crippen molar-refractivity contribution < 1.29 is 0 Å². The third-order valence-electron chi connectivity index (χ3n) is 3.51. The highest BCUT2D eigenvalue weighted by Gasteiger charge is 2.22. The second-order valence-electron chi connectivity index (χ2n) is 4.73. The van der Waals surface area contributed by atoms with Gasteiger partial charge in [0.2, 0.25) is 0 Å². The molecule has 2 heterocycles. The fraction of sp³-hybridized carbons (Fsp3) is 0.571. The molecule has 0 saturated heterocycles. The maximum Gasteiger partial charge on any atom is 0.256 e. The summed E-state index contributed by atoms with van der Waals surface area (Å²) in [4.78, 5) is 17.0. The lowest BCUT2D eigenvalue weighted by atomic mass is 9.97. The Balaban J connectivity index is 2.59. The van der Waals surface area contributed by atoms with Crippen LogP contribution < -0.4 is 5.56 Å². The van der Waals surface area contributed by atoms with Gasteiger partial charge in [0.25, 0.3) is 5.56 Å². The molecule has 0 amide bonds. The van der Waals surface area contributed by atoms with Crippen molar-refractivity contribution in [1.82, 2.24) is 9.55 Å². The number of allylic oxidation sites excluding steroid dienone is 1. The van der Waals surface area contributed by atoms with E-state index in [1.807, 2.05) is 17.6 Å². The number of aromatic nitrogens is 2. The molecule has 2 rings (SSSR count). The standard InChI is InChI=1S/C14H20N2O/c1-4-7-12-10(3)15-13-11(5-2)8-6-9-16(13)14(12)17/h5,11H,2,4,6-9H2,1,3H3. The number of hydrogen-bond donors (Lipinski definition) is 0. The highest BCUT2D eigenvalue weighted by molar-refractivity contribution is 5.21. The minimum Gasteiger partial charge on any atom is -0.296 e. The number of hydrogen-bond acceptors (Lipinski definition) is 2. The van der Waals surface area contributed by atoms with Crippen LogP contribution in [0.4, 0.5) is 0 Å². The molecule has 0 fully saturated rings. The van der Waals surface area contributed by atoms with Gasteiger partial charge in [0, 0.05) is 23.7 Å². The van der Waals surface area contributed by atoms with Crippen LogP contribution in [-0.4, -0.2) is 9.55 Å². The van der Waals surface area contributed by atoms with Crippen molar-refractivity contribution >= 4 is 0 Å². The van der Waals surface area contributed by atoms with E-state index in [0.717, 1.165) is 49.3 Å². The molecule has 17 heavy (non-hydrogen) atoms. The topological polar surface area (TPSA) is 34.9 Å². The van der Waals surface area contributed by atoms with Crippen LogP contribution in [0.5, 0.6) is 0 Å². The Labute approximate surface area is 102 Å². The molecule has 0 N–H and O–H groups in total. The van der Waals surface area contributed by atoms with Crippen LogP contribution in [0.25, 0.3) is 0 Å². The van der Waals surface area contributed by atoms with Crippen molar-refractivity contribution in [3.8, 4) is 0 Å². The molecule has 0 aliphatic carbocycles. The highest BCUT2D eigenvalue weighted by Crippen LogP contribution is 2.25. The van der Waals surface area contributed by atoms with E-state index in [0.29, 0.717) is 0 Å². The second kappa shape index (κ2) is 4.86. The van der Waals surface area contributed by atoms with Gasteiger partial charge in [0.05, 0.1) is 0 Å². The largest absolute Gasteiger partial charge is 0.296 e. The molecule has 1 aromatic rings. The summed E-state index contributed by atoms with van der Waals surface area (Å²) in [5, 5.41) is 0. The van der Waals surface area contributed by atoms with E-state index < -0.39 is 0 Å². The first-order valence-corrected chi connectivity index (χ1v) is 6.41. The van der Waals surface area contributed by atoms with Crippen molar-refractivity contribution in [2.75, 3.05) is 0 Å². The zero-order valence-electron chi connectivity index (χ0n) is 10.7. The van der Waals surface area contributed by atoms with Gasteiger partial charge in [-0.05, 0) is 26.2 Å². The maximum absolute atomic E-state index is 12.4. The van der Waals surface area contributed by atoms with Gasteiger partial charge in [-0.3, -0.25) is 9.36 Å². The third kappa shape index (κ3) is 2.06. The maximum atomic E-state index is 12.4. The molecule has 1 aromatic heterocycles. The molecule has 0 spiro atoms. The van der Waals surface area contributed by atoms with E-state index in [-0.39, 0.29) is 11.5 Å². The Hall–Kier alpha value is -1.38. The lowest BCUT2D eigenvalue weighted by Crippen LogP contribution is -2.33. The zero-order chi connectivity index (χ0) is 12.4. The minimum absolute atomic E-state index is 0.168. The Morgan fingerprint density at radius 3 is 3.00 bits per heavy atom. The van der Waals surface area contributed by atoms with Crippen molar-refractivity contribution in [2.24, 2.45) is 0 Å². The van der Waals surface area contributed by atoms with Crippen molar-refractivity contribution in [2.45, 2.75) is 52.0 Å². The smallest absolute Gasteiger partial charge is 0.256 e. The summed E-state index contributed by atoms with van der Waals surface area (Å²) in [6, 6.07) is 0. The highest BCUT2D eigenvalue weighted by atomic mass is 16.1. The summed E-state index contributed by atoms with van der Waals surface area (Å²) in [7, 11) is 0. The van der Waals surface area contributed by atoms with Crippen LogP contribution in [0.1, 0.15) is 49.2 Å². The van der Waals surface area contributed by atoms with Crippen LogP contribution in [-0.2, 0) is 13.0 Å². The Morgan fingerprint density at radius 2 is 2.35 bits per heavy atom. The van der Waals surface area contributed by atoms with E-state index in [4.69, 9.17) is 0 Å². The predicted octanol–water partition coefficient (Wildman–Crippen LogP) is 2.57. The van der Waals surface area contributed by atoms with Gasteiger partial charge in [-0.1, -0.05) is 19.4 Å². The molecule has 3 nitrogen and oxygen atoms in total. The molecule has 3 heteroatoms. The normalized spacial score (nSPS) is 18.8. The first-order valence-electron chi connectivity index (χ1n) is 6.41. The van der Waals surface area contributed by atoms with E-state index in [9.17, 15) is 4.79 Å². The summed E-state index contributed by atoms with van der Waals surface area (Å²) in [5.41, 5.74) is 1.96. The van der Waals surface area contributed by atoms with E-state index in [2.05, 4.69) is 18.5 Å². The second-order valence-corrected chi connectivity index (χ2v) is 4.73. The van der Waals surface area contributed by atoms with Crippen molar-refractivity contribution in [3.63, 3.8) is 0 Å². The SMILES string of the molecule is C=CC1CCCn2c1nc(C)c(CCC)c2=O. The zero-order valence-corrected chi connectivity index (χ0v) is 10.7. The molecule has 1 aliphatic rings. The van der Waals surface area contributed by atoms with Crippen LogP contribution in [0.15, 0.2) is 17.4 Å². The van der Waals surface area contributed by atoms with Crippen LogP contribution in [0, 0.1) is 6.92 Å². The van der Waals surface area contributed by atoms with E-state index >= 15 is 0 Å². The first-order chi connectivity index (χ1) is 8.19. The van der Waals surface area contributed by atoms with Gasteiger partial charge in [-0.25, -0.2) is 4.98 Å². The van der Waals surface area contributed by atoms with Crippen LogP contribution in [0.3, 0.4) is 0 Å². The molecular weight excluding hydrogens is 212 g/mol. The monoisotopic (exact) mass is 232 g/mol. The molecule has 1 unspecified atom stereocenters. The van der Waals surface area contributed by atoms with Crippen LogP contribution >= 0.6 is 0 Å². The lowest BCUT2D eigenvalue weighted by Gasteiger charge is -2.24. The third-order valence-corrected chi connectivity index (χ3v) is 3.51. The van der Waals surface area contributed by atoms with Gasteiger partial charge in [0.15, 0.2) is 0 Å².